The summed E-state index contributed by atoms with van der Waals surface area (Å²) in [4.78, 5) is 17.1. The van der Waals surface area contributed by atoms with Gasteiger partial charge in [0.05, 0.1) is 19.1 Å². The van der Waals surface area contributed by atoms with Crippen molar-refractivity contribution in [3.05, 3.63) is 78.3 Å². The first-order chi connectivity index (χ1) is 13.6. The van der Waals surface area contributed by atoms with Crippen molar-refractivity contribution in [3.63, 3.8) is 0 Å². The number of furan rings is 1. The molecule has 0 saturated heterocycles. The van der Waals surface area contributed by atoms with E-state index in [0.29, 0.717) is 23.0 Å². The Morgan fingerprint density at radius 1 is 1.11 bits per heavy atom. The number of aromatic nitrogens is 3. The highest BCUT2D eigenvalue weighted by molar-refractivity contribution is 6.01. The first kappa shape index (κ1) is 17.5. The molecule has 0 radical (unpaired) electrons. The molecule has 2 heterocycles. The van der Waals surface area contributed by atoms with E-state index < -0.39 is 5.91 Å². The Balaban J connectivity index is 1.71. The van der Waals surface area contributed by atoms with Gasteiger partial charge in [-0.2, -0.15) is 4.98 Å². The van der Waals surface area contributed by atoms with E-state index in [1.165, 1.54) is 0 Å². The van der Waals surface area contributed by atoms with Crippen molar-refractivity contribution >= 4 is 11.6 Å². The fraction of sp³-hybridized carbons (Fsp3) is 0.0952. The van der Waals surface area contributed by atoms with Gasteiger partial charge in [0.15, 0.2) is 11.6 Å². The summed E-state index contributed by atoms with van der Waals surface area (Å²) in [5.74, 6) is 1.23. The van der Waals surface area contributed by atoms with E-state index in [2.05, 4.69) is 15.4 Å². The highest BCUT2D eigenvalue weighted by atomic mass is 16.5. The minimum Gasteiger partial charge on any atom is -0.497 e. The van der Waals surface area contributed by atoms with Crippen molar-refractivity contribution in [3.8, 4) is 23.0 Å². The summed E-state index contributed by atoms with van der Waals surface area (Å²) < 4.78 is 12.3. The van der Waals surface area contributed by atoms with Gasteiger partial charge in [0.25, 0.3) is 5.91 Å². The molecule has 0 unspecified atom stereocenters. The third-order valence-electron chi connectivity index (χ3n) is 4.13. The second-order valence-electron chi connectivity index (χ2n) is 6.17. The Morgan fingerprint density at radius 2 is 1.96 bits per heavy atom. The zero-order valence-electron chi connectivity index (χ0n) is 15.4. The molecule has 0 fully saturated rings. The van der Waals surface area contributed by atoms with Crippen molar-refractivity contribution in [2.24, 2.45) is 0 Å². The van der Waals surface area contributed by atoms with Crippen LogP contribution in [0.25, 0.3) is 17.3 Å². The van der Waals surface area contributed by atoms with Crippen LogP contribution in [0.3, 0.4) is 0 Å². The number of carbonyl (C=O) groups excluding carboxylic acids is 1. The van der Waals surface area contributed by atoms with Gasteiger partial charge in [0.2, 0.25) is 5.82 Å². The fourth-order valence-electron chi connectivity index (χ4n) is 2.80. The number of aryl methyl sites for hydroxylation is 1. The lowest BCUT2D eigenvalue weighted by molar-refractivity contribution is 0.101. The number of ether oxygens (including phenoxy) is 1. The number of amides is 1. The number of hydrogen-bond donors (Lipinski definition) is 1. The fourth-order valence-corrected chi connectivity index (χ4v) is 2.80. The second-order valence-corrected chi connectivity index (χ2v) is 6.17. The molecule has 2 aromatic heterocycles. The van der Waals surface area contributed by atoms with Crippen LogP contribution in [-0.4, -0.2) is 27.8 Å². The van der Waals surface area contributed by atoms with Crippen molar-refractivity contribution in [1.29, 1.82) is 0 Å². The Hall–Kier alpha value is -3.87. The number of rotatable bonds is 5. The van der Waals surface area contributed by atoms with E-state index in [-0.39, 0.29) is 5.82 Å². The summed E-state index contributed by atoms with van der Waals surface area (Å²) >= 11 is 0. The molecule has 0 saturated carbocycles. The van der Waals surface area contributed by atoms with E-state index in [9.17, 15) is 4.79 Å². The Morgan fingerprint density at radius 3 is 2.71 bits per heavy atom. The van der Waals surface area contributed by atoms with Gasteiger partial charge in [-0.05, 0) is 48.9 Å². The molecule has 0 atom stereocenters. The van der Waals surface area contributed by atoms with Crippen LogP contribution >= 0.6 is 0 Å². The average molecular weight is 374 g/mol. The van der Waals surface area contributed by atoms with Gasteiger partial charge < -0.3 is 14.5 Å². The summed E-state index contributed by atoms with van der Waals surface area (Å²) in [7, 11) is 1.57. The molecule has 0 spiro atoms. The monoisotopic (exact) mass is 374 g/mol. The molecule has 2 aromatic carbocycles. The molecule has 1 amide bonds. The van der Waals surface area contributed by atoms with Gasteiger partial charge >= 0.3 is 0 Å². The minimum atomic E-state index is -0.424. The average Bonchev–Trinajstić information content (AvgIpc) is 3.38. The van der Waals surface area contributed by atoms with Gasteiger partial charge in [0.1, 0.15) is 5.75 Å². The van der Waals surface area contributed by atoms with E-state index in [1.54, 1.807) is 54.5 Å². The highest BCUT2D eigenvalue weighted by Crippen LogP contribution is 2.23. The summed E-state index contributed by atoms with van der Waals surface area (Å²) in [6.07, 6.45) is 1.56. The maximum atomic E-state index is 12.7. The molecule has 7 heteroatoms. The van der Waals surface area contributed by atoms with Gasteiger partial charge in [-0.15, -0.1) is 5.10 Å². The maximum Gasteiger partial charge on any atom is 0.295 e. The largest absolute Gasteiger partial charge is 0.497 e. The summed E-state index contributed by atoms with van der Waals surface area (Å²) in [6, 6.07) is 18.4. The van der Waals surface area contributed by atoms with Gasteiger partial charge in [-0.3, -0.25) is 4.79 Å². The molecule has 4 rings (SSSR count). The summed E-state index contributed by atoms with van der Waals surface area (Å²) in [5, 5.41) is 7.21. The summed E-state index contributed by atoms with van der Waals surface area (Å²) in [5.41, 5.74) is 2.45. The van der Waals surface area contributed by atoms with E-state index in [4.69, 9.17) is 9.15 Å². The molecule has 1 N–H and O–H groups in total. The van der Waals surface area contributed by atoms with Crippen LogP contribution in [0.15, 0.2) is 71.3 Å². The number of nitrogens with zero attached hydrogens (tertiary/aromatic N) is 3. The molecule has 0 aliphatic heterocycles. The van der Waals surface area contributed by atoms with Crippen LogP contribution in [0.5, 0.6) is 5.75 Å². The van der Waals surface area contributed by atoms with Crippen LogP contribution in [0, 0.1) is 6.92 Å². The third-order valence-corrected chi connectivity index (χ3v) is 4.13. The van der Waals surface area contributed by atoms with Crippen LogP contribution in [-0.2, 0) is 0 Å². The van der Waals surface area contributed by atoms with Crippen molar-refractivity contribution in [2.45, 2.75) is 6.92 Å². The predicted octanol–water partition coefficient (Wildman–Crippen LogP) is 4.10. The third kappa shape index (κ3) is 3.50. The zero-order chi connectivity index (χ0) is 19.5. The summed E-state index contributed by atoms with van der Waals surface area (Å²) in [6.45, 7) is 1.99. The van der Waals surface area contributed by atoms with Gasteiger partial charge in [-0.1, -0.05) is 18.2 Å². The Kier molecular flexibility index (Phi) is 4.63. The quantitative estimate of drug-likeness (QED) is 0.569. The van der Waals surface area contributed by atoms with E-state index in [1.807, 2.05) is 31.2 Å². The minimum absolute atomic E-state index is 0.0377. The van der Waals surface area contributed by atoms with Gasteiger partial charge in [0, 0.05) is 11.8 Å². The molecule has 140 valence electrons. The molecule has 0 bridgehead atoms. The predicted molar refractivity (Wildman–Crippen MR) is 105 cm³/mol. The number of methoxy groups -OCH3 is 1. The number of anilines is 1. The van der Waals surface area contributed by atoms with Crippen molar-refractivity contribution in [2.75, 3.05) is 12.4 Å². The van der Waals surface area contributed by atoms with Crippen LogP contribution in [0.2, 0.25) is 0 Å². The molecular weight excluding hydrogens is 356 g/mol. The first-order valence-corrected chi connectivity index (χ1v) is 8.67. The Labute approximate surface area is 161 Å². The topological polar surface area (TPSA) is 82.2 Å². The maximum absolute atomic E-state index is 12.7. The lowest BCUT2D eigenvalue weighted by atomic mass is 10.2. The van der Waals surface area contributed by atoms with Crippen molar-refractivity contribution in [1.82, 2.24) is 14.8 Å². The van der Waals surface area contributed by atoms with Crippen LogP contribution < -0.4 is 10.1 Å². The number of hydrogen-bond acceptors (Lipinski definition) is 5. The smallest absolute Gasteiger partial charge is 0.295 e. The number of benzene rings is 2. The normalized spacial score (nSPS) is 10.6. The second kappa shape index (κ2) is 7.40. The molecule has 4 aromatic rings. The highest BCUT2D eigenvalue weighted by Gasteiger charge is 2.20. The first-order valence-electron chi connectivity index (χ1n) is 8.67. The van der Waals surface area contributed by atoms with E-state index in [0.717, 1.165) is 11.3 Å². The van der Waals surface area contributed by atoms with Crippen LogP contribution in [0.1, 0.15) is 16.2 Å². The Bertz CT molecular complexity index is 1120. The molecular formula is C21H18N4O3. The number of carbonyl (C=O) groups is 1. The SMILES string of the molecule is COc1cccc(NC(=O)c2nc(-c3ccco3)n(-c3cccc(C)c3)n2)c1. The van der Waals surface area contributed by atoms with Gasteiger partial charge in [-0.25, -0.2) is 4.68 Å². The van der Waals surface area contributed by atoms with Crippen LogP contribution in [0.4, 0.5) is 5.69 Å². The molecule has 28 heavy (non-hydrogen) atoms. The molecule has 0 aliphatic rings. The van der Waals surface area contributed by atoms with E-state index >= 15 is 0 Å². The lowest BCUT2D eigenvalue weighted by Crippen LogP contribution is -2.14. The molecule has 7 nitrogen and oxygen atoms in total. The van der Waals surface area contributed by atoms with Crippen molar-refractivity contribution < 1.29 is 13.9 Å². The lowest BCUT2D eigenvalue weighted by Gasteiger charge is -2.05. The standard InChI is InChI=1S/C21H18N4O3/c1-14-6-3-8-16(12-14)25-20(18-10-5-11-28-18)23-19(24-25)21(26)22-15-7-4-9-17(13-15)27-2/h3-13H,1-2H3,(H,22,26). The molecule has 0 aliphatic carbocycles. The zero-order valence-corrected chi connectivity index (χ0v) is 15.4. The number of nitrogens with one attached hydrogen (secondary N) is 1.